The quantitative estimate of drug-likeness (QED) is 0.791. The Morgan fingerprint density at radius 1 is 1.35 bits per heavy atom. The van der Waals surface area contributed by atoms with Crippen molar-refractivity contribution in [3.63, 3.8) is 0 Å². The lowest BCUT2D eigenvalue weighted by atomic mass is 10.0. The van der Waals surface area contributed by atoms with Crippen molar-refractivity contribution in [1.29, 1.82) is 0 Å². The Morgan fingerprint density at radius 2 is 2.05 bits per heavy atom. The third-order valence-electron chi connectivity index (χ3n) is 3.61. The van der Waals surface area contributed by atoms with Crippen LogP contribution in [0.1, 0.15) is 38.8 Å². The fraction of sp³-hybridized carbons (Fsp3) is 0.625. The van der Waals surface area contributed by atoms with E-state index in [0.29, 0.717) is 6.61 Å². The van der Waals surface area contributed by atoms with E-state index in [4.69, 9.17) is 4.74 Å². The van der Waals surface area contributed by atoms with E-state index in [-0.39, 0.29) is 17.9 Å². The summed E-state index contributed by atoms with van der Waals surface area (Å²) in [4.78, 5) is 2.14. The largest absolute Gasteiger partial charge is 0.383 e. The second-order valence-corrected chi connectivity index (χ2v) is 5.29. The van der Waals surface area contributed by atoms with Gasteiger partial charge in [0.1, 0.15) is 5.82 Å². The van der Waals surface area contributed by atoms with Gasteiger partial charge in [-0.3, -0.25) is 0 Å². The monoisotopic (exact) mass is 282 g/mol. The molecule has 0 aliphatic heterocycles. The predicted octanol–water partition coefficient (Wildman–Crippen LogP) is 3.36. The maximum Gasteiger partial charge on any atom is 0.123 e. The summed E-state index contributed by atoms with van der Waals surface area (Å²) in [6.45, 7) is 7.86. The van der Waals surface area contributed by atoms with Crippen LogP contribution in [0.4, 0.5) is 10.1 Å². The van der Waals surface area contributed by atoms with E-state index in [9.17, 15) is 4.39 Å². The Kier molecular flexibility index (Phi) is 6.96. The molecule has 0 heterocycles. The molecule has 1 N–H and O–H groups in total. The molecule has 2 atom stereocenters. The lowest BCUT2D eigenvalue weighted by Gasteiger charge is -2.30. The van der Waals surface area contributed by atoms with Gasteiger partial charge in [0.15, 0.2) is 0 Å². The minimum atomic E-state index is -0.193. The van der Waals surface area contributed by atoms with Crippen LogP contribution < -0.4 is 10.2 Å². The number of likely N-dealkylation sites (N-methyl/N-ethyl adjacent to an activating group) is 1. The molecule has 0 bridgehead atoms. The van der Waals surface area contributed by atoms with E-state index in [0.717, 1.165) is 24.2 Å². The third kappa shape index (κ3) is 4.46. The summed E-state index contributed by atoms with van der Waals surface area (Å²) in [6, 6.07) is 5.35. The van der Waals surface area contributed by atoms with Gasteiger partial charge in [-0.2, -0.15) is 0 Å². The van der Waals surface area contributed by atoms with Crippen LogP contribution in [0.15, 0.2) is 18.2 Å². The SMILES string of the molecule is CCCNC(C)c1cc(F)ccc1N(C)C(C)COC. The molecule has 114 valence electrons. The van der Waals surface area contributed by atoms with Crippen molar-refractivity contribution in [3.8, 4) is 0 Å². The molecule has 0 aliphatic rings. The van der Waals surface area contributed by atoms with Crippen LogP contribution in [0.3, 0.4) is 0 Å². The minimum Gasteiger partial charge on any atom is -0.383 e. The first-order valence-corrected chi connectivity index (χ1v) is 7.25. The van der Waals surface area contributed by atoms with Crippen LogP contribution in [0, 0.1) is 5.82 Å². The average Bonchev–Trinajstić information content (AvgIpc) is 2.44. The molecule has 0 spiro atoms. The highest BCUT2D eigenvalue weighted by Gasteiger charge is 2.17. The van der Waals surface area contributed by atoms with Crippen LogP contribution >= 0.6 is 0 Å². The molecule has 1 aromatic carbocycles. The molecule has 0 amide bonds. The van der Waals surface area contributed by atoms with Crippen molar-refractivity contribution >= 4 is 5.69 Å². The summed E-state index contributed by atoms with van der Waals surface area (Å²) in [5.74, 6) is -0.193. The van der Waals surface area contributed by atoms with E-state index in [2.05, 4.69) is 31.0 Å². The van der Waals surface area contributed by atoms with Crippen molar-refractivity contribution in [2.24, 2.45) is 0 Å². The summed E-state index contributed by atoms with van der Waals surface area (Å²) < 4.78 is 18.8. The molecular formula is C16H27FN2O. The number of rotatable bonds is 8. The fourth-order valence-electron chi connectivity index (χ4n) is 2.25. The van der Waals surface area contributed by atoms with Crippen LogP contribution in [-0.2, 0) is 4.74 Å². The number of halogens is 1. The van der Waals surface area contributed by atoms with Gasteiger partial charge in [-0.1, -0.05) is 6.92 Å². The first-order chi connectivity index (χ1) is 9.51. The second kappa shape index (κ2) is 8.22. The predicted molar refractivity (Wildman–Crippen MR) is 82.8 cm³/mol. The van der Waals surface area contributed by atoms with Gasteiger partial charge in [-0.15, -0.1) is 0 Å². The third-order valence-corrected chi connectivity index (χ3v) is 3.61. The molecule has 2 unspecified atom stereocenters. The maximum atomic E-state index is 13.6. The van der Waals surface area contributed by atoms with E-state index in [1.807, 2.05) is 13.1 Å². The molecule has 20 heavy (non-hydrogen) atoms. The Labute approximate surface area is 122 Å². The number of hydrogen-bond donors (Lipinski definition) is 1. The highest BCUT2D eigenvalue weighted by molar-refractivity contribution is 5.55. The van der Waals surface area contributed by atoms with Crippen LogP contribution in [0.25, 0.3) is 0 Å². The van der Waals surface area contributed by atoms with Gasteiger partial charge in [0.2, 0.25) is 0 Å². The highest BCUT2D eigenvalue weighted by Crippen LogP contribution is 2.28. The van der Waals surface area contributed by atoms with E-state index >= 15 is 0 Å². The van der Waals surface area contributed by atoms with Crippen molar-refractivity contribution in [2.45, 2.75) is 39.3 Å². The van der Waals surface area contributed by atoms with Crippen LogP contribution in [0.5, 0.6) is 0 Å². The van der Waals surface area contributed by atoms with Gasteiger partial charge >= 0.3 is 0 Å². The van der Waals surface area contributed by atoms with Gasteiger partial charge in [-0.05, 0) is 50.6 Å². The first kappa shape index (κ1) is 16.9. The molecule has 0 saturated heterocycles. The van der Waals surface area contributed by atoms with Gasteiger partial charge in [-0.25, -0.2) is 4.39 Å². The summed E-state index contributed by atoms with van der Waals surface area (Å²) in [7, 11) is 3.72. The van der Waals surface area contributed by atoms with Gasteiger partial charge in [0.05, 0.1) is 6.61 Å². The molecule has 3 nitrogen and oxygen atoms in total. The van der Waals surface area contributed by atoms with E-state index in [1.54, 1.807) is 13.2 Å². The fourth-order valence-corrected chi connectivity index (χ4v) is 2.25. The molecule has 0 aromatic heterocycles. The number of ether oxygens (including phenoxy) is 1. The highest BCUT2D eigenvalue weighted by atomic mass is 19.1. The molecule has 1 aromatic rings. The Balaban J connectivity index is 3.00. The zero-order valence-corrected chi connectivity index (χ0v) is 13.2. The lowest BCUT2D eigenvalue weighted by Crippen LogP contribution is -2.34. The Hall–Kier alpha value is -1.13. The van der Waals surface area contributed by atoms with Gasteiger partial charge in [0, 0.05) is 31.9 Å². The molecule has 1 rings (SSSR count). The smallest absolute Gasteiger partial charge is 0.123 e. The average molecular weight is 282 g/mol. The number of nitrogens with one attached hydrogen (secondary N) is 1. The Morgan fingerprint density at radius 3 is 2.65 bits per heavy atom. The maximum absolute atomic E-state index is 13.6. The van der Waals surface area contributed by atoms with E-state index < -0.39 is 0 Å². The molecule has 0 fully saturated rings. The molecule has 4 heteroatoms. The minimum absolute atomic E-state index is 0.123. The van der Waals surface area contributed by atoms with Crippen molar-refractivity contribution < 1.29 is 9.13 Å². The van der Waals surface area contributed by atoms with Crippen LogP contribution in [-0.4, -0.2) is 33.4 Å². The standard InChI is InChI=1S/C16H27FN2O/c1-6-9-18-13(3)15-10-14(17)7-8-16(15)19(4)12(2)11-20-5/h7-8,10,12-13,18H,6,9,11H2,1-5H3. The molecular weight excluding hydrogens is 255 g/mol. The number of methoxy groups -OCH3 is 1. The number of nitrogens with zero attached hydrogens (tertiary/aromatic N) is 1. The molecule has 0 aliphatic carbocycles. The zero-order valence-electron chi connectivity index (χ0n) is 13.2. The molecule has 0 saturated carbocycles. The van der Waals surface area contributed by atoms with Crippen LogP contribution in [0.2, 0.25) is 0 Å². The van der Waals surface area contributed by atoms with Crippen molar-refractivity contribution in [1.82, 2.24) is 5.32 Å². The first-order valence-electron chi connectivity index (χ1n) is 7.25. The van der Waals surface area contributed by atoms with Gasteiger partial charge in [0.25, 0.3) is 0 Å². The summed E-state index contributed by atoms with van der Waals surface area (Å²) in [6.07, 6.45) is 1.06. The number of benzene rings is 1. The van der Waals surface area contributed by atoms with Gasteiger partial charge < -0.3 is 15.0 Å². The normalized spacial score (nSPS) is 14.1. The second-order valence-electron chi connectivity index (χ2n) is 5.29. The summed E-state index contributed by atoms with van der Waals surface area (Å²) >= 11 is 0. The topological polar surface area (TPSA) is 24.5 Å². The molecule has 0 radical (unpaired) electrons. The lowest BCUT2D eigenvalue weighted by molar-refractivity contribution is 0.183. The van der Waals surface area contributed by atoms with Crippen molar-refractivity contribution in [2.75, 3.05) is 32.2 Å². The number of anilines is 1. The summed E-state index contributed by atoms with van der Waals surface area (Å²) in [5, 5.41) is 3.42. The summed E-state index contributed by atoms with van der Waals surface area (Å²) in [5.41, 5.74) is 2.04. The zero-order chi connectivity index (χ0) is 15.1. The number of hydrogen-bond acceptors (Lipinski definition) is 3. The Bertz CT molecular complexity index is 411. The van der Waals surface area contributed by atoms with E-state index in [1.165, 1.54) is 6.07 Å². The van der Waals surface area contributed by atoms with Crippen molar-refractivity contribution in [3.05, 3.63) is 29.6 Å².